The van der Waals surface area contributed by atoms with Crippen molar-refractivity contribution in [3.63, 3.8) is 0 Å². The molecule has 0 heterocycles. The first-order chi connectivity index (χ1) is 5.51. The molecule has 0 amide bonds. The van der Waals surface area contributed by atoms with Gasteiger partial charge in [0, 0.05) is 11.3 Å². The average Bonchev–Trinajstić information content (AvgIpc) is 2.30. The summed E-state index contributed by atoms with van der Waals surface area (Å²) in [5, 5.41) is 9.07. The lowest BCUT2D eigenvalue weighted by Gasteiger charge is -2.20. The van der Waals surface area contributed by atoms with E-state index in [0.717, 1.165) is 12.8 Å². The molecule has 1 fully saturated rings. The van der Waals surface area contributed by atoms with Gasteiger partial charge >= 0.3 is 0 Å². The van der Waals surface area contributed by atoms with Gasteiger partial charge in [-0.05, 0) is 18.8 Å². The maximum atomic E-state index is 11.7. The number of carbonyl (C=O) groups excluding carboxylic acids is 1. The highest BCUT2D eigenvalue weighted by atomic mass is 16.3. The summed E-state index contributed by atoms with van der Waals surface area (Å²) in [6, 6.07) is 0. The minimum Gasteiger partial charge on any atom is -0.395 e. The molecule has 1 rings (SSSR count). The highest BCUT2D eigenvalue weighted by Gasteiger charge is 2.44. The van der Waals surface area contributed by atoms with Gasteiger partial charge in [0.1, 0.15) is 5.78 Å². The van der Waals surface area contributed by atoms with Gasteiger partial charge in [-0.1, -0.05) is 20.8 Å². The average molecular weight is 170 g/mol. The minimum atomic E-state index is -0.436. The number of aliphatic hydroxyl groups excluding tert-OH is 1. The molecule has 0 aromatic rings. The highest BCUT2D eigenvalue weighted by Crippen LogP contribution is 2.40. The number of Topliss-reactive ketones (excluding diaryl/α,β-unsaturated/α-hetero) is 1. The van der Waals surface area contributed by atoms with Gasteiger partial charge in [0.2, 0.25) is 0 Å². The topological polar surface area (TPSA) is 37.3 Å². The van der Waals surface area contributed by atoms with Crippen LogP contribution in [0.5, 0.6) is 0 Å². The Balaban J connectivity index is 2.74. The number of aliphatic hydroxyl groups is 1. The van der Waals surface area contributed by atoms with E-state index < -0.39 is 5.41 Å². The van der Waals surface area contributed by atoms with Crippen molar-refractivity contribution >= 4 is 5.78 Å². The molecule has 0 aliphatic heterocycles. The van der Waals surface area contributed by atoms with Gasteiger partial charge in [0.25, 0.3) is 0 Å². The Hall–Kier alpha value is -0.370. The van der Waals surface area contributed by atoms with E-state index in [1.165, 1.54) is 0 Å². The number of hydrogen-bond donors (Lipinski definition) is 1. The molecule has 1 saturated carbocycles. The van der Waals surface area contributed by atoms with Crippen LogP contribution in [0.25, 0.3) is 0 Å². The predicted molar refractivity (Wildman–Crippen MR) is 47.8 cm³/mol. The maximum Gasteiger partial charge on any atom is 0.144 e. The fourth-order valence-corrected chi connectivity index (χ4v) is 1.97. The predicted octanol–water partition coefficient (Wildman–Crippen LogP) is 1.62. The summed E-state index contributed by atoms with van der Waals surface area (Å²) in [5.74, 6) is 0.869. The monoisotopic (exact) mass is 170 g/mol. The molecule has 70 valence electrons. The molecule has 1 aliphatic rings. The molecule has 0 aromatic heterocycles. The lowest BCUT2D eigenvalue weighted by Crippen LogP contribution is -2.30. The van der Waals surface area contributed by atoms with Gasteiger partial charge in [-0.2, -0.15) is 0 Å². The number of carbonyl (C=O) groups is 1. The third kappa shape index (κ3) is 1.40. The largest absolute Gasteiger partial charge is 0.395 e. The number of rotatable bonds is 2. The van der Waals surface area contributed by atoms with Gasteiger partial charge in [0.05, 0.1) is 6.61 Å². The van der Waals surface area contributed by atoms with Crippen molar-refractivity contribution in [1.82, 2.24) is 0 Å². The zero-order valence-corrected chi connectivity index (χ0v) is 8.13. The fraction of sp³-hybridized carbons (Fsp3) is 0.900. The molecule has 0 radical (unpaired) electrons. The van der Waals surface area contributed by atoms with Crippen LogP contribution >= 0.6 is 0 Å². The van der Waals surface area contributed by atoms with Gasteiger partial charge in [-0.25, -0.2) is 0 Å². The second-order valence-electron chi connectivity index (χ2n) is 4.47. The van der Waals surface area contributed by atoms with Gasteiger partial charge < -0.3 is 5.11 Å². The summed E-state index contributed by atoms with van der Waals surface area (Å²) in [6.45, 7) is 6.03. The van der Waals surface area contributed by atoms with E-state index >= 15 is 0 Å². The Bertz CT molecular complexity index is 186. The second-order valence-corrected chi connectivity index (χ2v) is 4.47. The smallest absolute Gasteiger partial charge is 0.144 e. The summed E-state index contributed by atoms with van der Waals surface area (Å²) in [4.78, 5) is 11.7. The third-order valence-corrected chi connectivity index (χ3v) is 3.09. The number of hydrogen-bond acceptors (Lipinski definition) is 2. The quantitative estimate of drug-likeness (QED) is 0.683. The molecule has 2 unspecified atom stereocenters. The number of ketones is 1. The molecule has 0 bridgehead atoms. The summed E-state index contributed by atoms with van der Waals surface area (Å²) in [5.41, 5.74) is -0.436. The molecule has 2 atom stereocenters. The van der Waals surface area contributed by atoms with E-state index in [2.05, 4.69) is 13.8 Å². The molecule has 0 aromatic carbocycles. The molecule has 2 heteroatoms. The Morgan fingerprint density at radius 1 is 1.67 bits per heavy atom. The molecule has 0 spiro atoms. The van der Waals surface area contributed by atoms with Crippen molar-refractivity contribution in [3.05, 3.63) is 0 Å². The van der Waals surface area contributed by atoms with Crippen LogP contribution in [0.4, 0.5) is 0 Å². The van der Waals surface area contributed by atoms with Crippen LogP contribution in [0, 0.1) is 17.3 Å². The zero-order valence-electron chi connectivity index (χ0n) is 8.13. The van der Waals surface area contributed by atoms with E-state index in [4.69, 9.17) is 5.11 Å². The van der Waals surface area contributed by atoms with Gasteiger partial charge in [-0.3, -0.25) is 4.79 Å². The Morgan fingerprint density at radius 2 is 2.25 bits per heavy atom. The van der Waals surface area contributed by atoms with E-state index in [9.17, 15) is 4.79 Å². The third-order valence-electron chi connectivity index (χ3n) is 3.09. The van der Waals surface area contributed by atoms with Crippen LogP contribution < -0.4 is 0 Å². The minimum absolute atomic E-state index is 0.00898. The Kier molecular flexibility index (Phi) is 2.57. The van der Waals surface area contributed by atoms with E-state index in [-0.39, 0.29) is 18.3 Å². The summed E-state index contributed by atoms with van der Waals surface area (Å²) in [6.07, 6.45) is 1.80. The van der Waals surface area contributed by atoms with Crippen LogP contribution in [0.1, 0.15) is 33.6 Å². The van der Waals surface area contributed by atoms with Crippen LogP contribution in [-0.4, -0.2) is 17.5 Å². The van der Waals surface area contributed by atoms with E-state index in [1.807, 2.05) is 6.92 Å². The summed E-state index contributed by atoms with van der Waals surface area (Å²) < 4.78 is 0. The van der Waals surface area contributed by atoms with Crippen LogP contribution in [0.3, 0.4) is 0 Å². The maximum absolute atomic E-state index is 11.7. The van der Waals surface area contributed by atoms with Crippen molar-refractivity contribution < 1.29 is 9.90 Å². The molecule has 2 nitrogen and oxygen atoms in total. The van der Waals surface area contributed by atoms with Crippen molar-refractivity contribution in [2.75, 3.05) is 6.61 Å². The lowest BCUT2D eigenvalue weighted by atomic mass is 9.84. The molecule has 1 aliphatic carbocycles. The fourth-order valence-electron chi connectivity index (χ4n) is 1.97. The first kappa shape index (κ1) is 9.72. The molecule has 12 heavy (non-hydrogen) atoms. The SMILES string of the molecule is CC(C)C1CCC(C)(CO)C1=O. The molecule has 0 saturated heterocycles. The van der Waals surface area contributed by atoms with Crippen molar-refractivity contribution in [2.24, 2.45) is 17.3 Å². The van der Waals surface area contributed by atoms with Crippen LogP contribution in [0.15, 0.2) is 0 Å². The zero-order chi connectivity index (χ0) is 9.35. The van der Waals surface area contributed by atoms with Crippen molar-refractivity contribution in [3.8, 4) is 0 Å². The van der Waals surface area contributed by atoms with Crippen molar-refractivity contribution in [2.45, 2.75) is 33.6 Å². The first-order valence-corrected chi connectivity index (χ1v) is 4.66. The summed E-state index contributed by atoms with van der Waals surface area (Å²) in [7, 11) is 0. The van der Waals surface area contributed by atoms with E-state index in [1.54, 1.807) is 0 Å². The highest BCUT2D eigenvalue weighted by molar-refractivity contribution is 5.89. The molecular weight excluding hydrogens is 152 g/mol. The Morgan fingerprint density at radius 3 is 2.50 bits per heavy atom. The van der Waals surface area contributed by atoms with Gasteiger partial charge in [0.15, 0.2) is 0 Å². The van der Waals surface area contributed by atoms with Crippen LogP contribution in [0.2, 0.25) is 0 Å². The second kappa shape index (κ2) is 3.17. The normalized spacial score (nSPS) is 36.4. The molecule has 1 N–H and O–H groups in total. The summed E-state index contributed by atoms with van der Waals surface area (Å²) >= 11 is 0. The standard InChI is InChI=1S/C10H18O2/c1-7(2)8-4-5-10(3,6-11)9(8)12/h7-8,11H,4-6H2,1-3H3. The lowest BCUT2D eigenvalue weighted by molar-refractivity contribution is -0.131. The van der Waals surface area contributed by atoms with Crippen molar-refractivity contribution in [1.29, 1.82) is 0 Å². The van der Waals surface area contributed by atoms with E-state index in [0.29, 0.717) is 5.92 Å². The van der Waals surface area contributed by atoms with Crippen LogP contribution in [-0.2, 0) is 4.79 Å². The Labute approximate surface area is 74.0 Å². The first-order valence-electron chi connectivity index (χ1n) is 4.66. The molecular formula is C10H18O2. The van der Waals surface area contributed by atoms with Gasteiger partial charge in [-0.15, -0.1) is 0 Å².